The maximum Gasteiger partial charge on any atom is 0.321 e. The third-order valence-corrected chi connectivity index (χ3v) is 6.19. The van der Waals surface area contributed by atoms with Gasteiger partial charge >= 0.3 is 6.03 Å². The van der Waals surface area contributed by atoms with Crippen molar-refractivity contribution in [2.75, 3.05) is 0 Å². The van der Waals surface area contributed by atoms with Crippen molar-refractivity contribution in [1.82, 2.24) is 20.2 Å². The van der Waals surface area contributed by atoms with Gasteiger partial charge in [-0.2, -0.15) is 0 Å². The van der Waals surface area contributed by atoms with Gasteiger partial charge in [0, 0.05) is 12.6 Å². The summed E-state index contributed by atoms with van der Waals surface area (Å²) in [4.78, 5) is 42.1. The summed E-state index contributed by atoms with van der Waals surface area (Å²) in [5, 5.41) is 5.80. The quantitative estimate of drug-likeness (QED) is 0.556. The molecule has 1 heterocycles. The van der Waals surface area contributed by atoms with Crippen LogP contribution in [0.3, 0.4) is 0 Å². The van der Waals surface area contributed by atoms with E-state index in [9.17, 15) is 14.4 Å². The highest BCUT2D eigenvalue weighted by Gasteiger charge is 2.22. The maximum atomic E-state index is 12.8. The SMILES string of the molecule is CCCn1c(S[C@@H](C)C(=O)NC(=O)NC2CCCCC2)nc2ccccc2c1=O. The highest BCUT2D eigenvalue weighted by atomic mass is 32.2. The molecular weight excluding hydrogens is 388 g/mol. The minimum absolute atomic E-state index is 0.109. The standard InChI is InChI=1S/C21H28N4O3S/c1-3-13-25-19(27)16-11-7-8-12-17(16)23-21(25)29-14(2)18(26)24-20(28)22-15-9-5-4-6-10-15/h7-8,11-12,14-15H,3-6,9-10,13H2,1-2H3,(H2,22,24,26,28)/t14-/m0/s1. The summed E-state index contributed by atoms with van der Waals surface area (Å²) in [5.74, 6) is -0.395. The van der Waals surface area contributed by atoms with Gasteiger partial charge in [0.2, 0.25) is 5.91 Å². The summed E-state index contributed by atoms with van der Waals surface area (Å²) in [6.07, 6.45) is 6.09. The molecule has 2 aromatic rings. The molecule has 2 N–H and O–H groups in total. The maximum absolute atomic E-state index is 12.8. The Bertz CT molecular complexity index is 937. The van der Waals surface area contributed by atoms with Gasteiger partial charge in [0.25, 0.3) is 5.56 Å². The van der Waals surface area contributed by atoms with Gasteiger partial charge in [0.15, 0.2) is 5.16 Å². The fourth-order valence-corrected chi connectivity index (χ4v) is 4.49. The Kier molecular flexibility index (Phi) is 7.30. The molecule has 1 aromatic heterocycles. The lowest BCUT2D eigenvalue weighted by molar-refractivity contribution is -0.119. The van der Waals surface area contributed by atoms with E-state index in [1.807, 2.05) is 19.1 Å². The first-order valence-corrected chi connectivity index (χ1v) is 11.1. The molecule has 1 aliphatic rings. The molecule has 8 heteroatoms. The van der Waals surface area contributed by atoms with Crippen molar-refractivity contribution in [3.63, 3.8) is 0 Å². The fourth-order valence-electron chi connectivity index (χ4n) is 3.55. The van der Waals surface area contributed by atoms with Crippen molar-refractivity contribution in [2.45, 2.75) is 75.4 Å². The van der Waals surface area contributed by atoms with Gasteiger partial charge in [-0.05, 0) is 38.3 Å². The zero-order valence-corrected chi connectivity index (χ0v) is 17.8. The Morgan fingerprint density at radius 2 is 1.97 bits per heavy atom. The summed E-state index contributed by atoms with van der Waals surface area (Å²) in [6.45, 7) is 4.23. The summed E-state index contributed by atoms with van der Waals surface area (Å²) in [7, 11) is 0. The number of para-hydroxylation sites is 1. The van der Waals surface area contributed by atoms with E-state index in [1.54, 1.807) is 23.6 Å². The van der Waals surface area contributed by atoms with E-state index >= 15 is 0 Å². The Hall–Kier alpha value is -2.35. The van der Waals surface area contributed by atoms with Gasteiger partial charge in [-0.15, -0.1) is 0 Å². The van der Waals surface area contributed by atoms with Gasteiger partial charge < -0.3 is 5.32 Å². The van der Waals surface area contributed by atoms with Crippen LogP contribution in [-0.4, -0.2) is 32.8 Å². The average Bonchev–Trinajstić information content (AvgIpc) is 2.71. The highest BCUT2D eigenvalue weighted by molar-refractivity contribution is 8.00. The normalized spacial score (nSPS) is 15.8. The second-order valence-electron chi connectivity index (χ2n) is 7.43. The number of amides is 3. The van der Waals surface area contributed by atoms with E-state index in [1.165, 1.54) is 18.2 Å². The van der Waals surface area contributed by atoms with Gasteiger partial charge in [-0.1, -0.05) is 50.1 Å². The van der Waals surface area contributed by atoms with E-state index < -0.39 is 17.2 Å². The van der Waals surface area contributed by atoms with Crippen LogP contribution < -0.4 is 16.2 Å². The Morgan fingerprint density at radius 1 is 1.24 bits per heavy atom. The monoisotopic (exact) mass is 416 g/mol. The van der Waals surface area contributed by atoms with Crippen molar-refractivity contribution >= 4 is 34.6 Å². The van der Waals surface area contributed by atoms with Gasteiger partial charge in [0.1, 0.15) is 0 Å². The van der Waals surface area contributed by atoms with Gasteiger partial charge in [-0.25, -0.2) is 9.78 Å². The van der Waals surface area contributed by atoms with Crippen LogP contribution in [0.15, 0.2) is 34.2 Å². The second-order valence-corrected chi connectivity index (χ2v) is 8.73. The van der Waals surface area contributed by atoms with Gasteiger partial charge in [-0.3, -0.25) is 19.5 Å². The Labute approximate surface area is 174 Å². The van der Waals surface area contributed by atoms with Crippen LogP contribution in [0.5, 0.6) is 0 Å². The number of urea groups is 1. The van der Waals surface area contributed by atoms with Crippen molar-refractivity contribution in [2.24, 2.45) is 0 Å². The summed E-state index contributed by atoms with van der Waals surface area (Å²) >= 11 is 1.20. The number of hydrogen-bond acceptors (Lipinski definition) is 5. The minimum atomic E-state index is -0.566. The first kappa shape index (κ1) is 21.4. The van der Waals surface area contributed by atoms with Crippen LogP contribution in [0.1, 0.15) is 52.4 Å². The number of carbonyl (C=O) groups is 2. The van der Waals surface area contributed by atoms with Crippen LogP contribution in [-0.2, 0) is 11.3 Å². The molecule has 1 saturated carbocycles. The van der Waals surface area contributed by atoms with E-state index in [4.69, 9.17) is 0 Å². The summed E-state index contributed by atoms with van der Waals surface area (Å²) < 4.78 is 1.61. The number of fused-ring (bicyclic) bond motifs is 1. The molecule has 156 valence electrons. The topological polar surface area (TPSA) is 93.1 Å². The zero-order chi connectivity index (χ0) is 20.8. The average molecular weight is 417 g/mol. The first-order chi connectivity index (χ1) is 14.0. The molecule has 0 aliphatic heterocycles. The van der Waals surface area contributed by atoms with Crippen LogP contribution in [0.2, 0.25) is 0 Å². The third-order valence-electron chi connectivity index (χ3n) is 5.10. The number of rotatable bonds is 6. The molecule has 0 bridgehead atoms. The van der Waals surface area contributed by atoms with Crippen molar-refractivity contribution < 1.29 is 9.59 Å². The number of aromatic nitrogens is 2. The lowest BCUT2D eigenvalue weighted by Crippen LogP contribution is -2.47. The molecule has 1 aliphatic carbocycles. The number of thioether (sulfide) groups is 1. The predicted octanol–water partition coefficient (Wildman–Crippen LogP) is 3.45. The number of nitrogens with zero attached hydrogens (tertiary/aromatic N) is 2. The smallest absolute Gasteiger partial charge is 0.321 e. The minimum Gasteiger partial charge on any atom is -0.335 e. The Morgan fingerprint density at radius 3 is 2.69 bits per heavy atom. The largest absolute Gasteiger partial charge is 0.335 e. The lowest BCUT2D eigenvalue weighted by Gasteiger charge is -2.23. The molecular formula is C21H28N4O3S. The van der Waals surface area contributed by atoms with Crippen molar-refractivity contribution in [3.05, 3.63) is 34.6 Å². The Balaban J connectivity index is 1.70. The predicted molar refractivity (Wildman–Crippen MR) is 115 cm³/mol. The number of nitrogens with one attached hydrogen (secondary N) is 2. The molecule has 29 heavy (non-hydrogen) atoms. The molecule has 1 fully saturated rings. The molecule has 7 nitrogen and oxygen atoms in total. The molecule has 1 atom stereocenters. The molecule has 0 saturated heterocycles. The van der Waals surface area contributed by atoms with Crippen molar-refractivity contribution in [1.29, 1.82) is 0 Å². The molecule has 3 rings (SSSR count). The third kappa shape index (κ3) is 5.38. The molecule has 3 amide bonds. The fraction of sp³-hybridized carbons (Fsp3) is 0.524. The highest BCUT2D eigenvalue weighted by Crippen LogP contribution is 2.23. The van der Waals surface area contributed by atoms with Crippen LogP contribution in [0, 0.1) is 0 Å². The van der Waals surface area contributed by atoms with Crippen molar-refractivity contribution in [3.8, 4) is 0 Å². The van der Waals surface area contributed by atoms with Gasteiger partial charge in [0.05, 0.1) is 16.2 Å². The van der Waals surface area contributed by atoms with E-state index in [0.29, 0.717) is 22.6 Å². The molecule has 0 radical (unpaired) electrons. The van der Waals surface area contributed by atoms with Crippen LogP contribution in [0.25, 0.3) is 10.9 Å². The summed E-state index contributed by atoms with van der Waals surface area (Å²) in [5.41, 5.74) is 0.498. The first-order valence-electron chi connectivity index (χ1n) is 10.3. The number of hydrogen-bond donors (Lipinski definition) is 2. The molecule has 1 aromatic carbocycles. The number of carbonyl (C=O) groups excluding carboxylic acids is 2. The van der Waals surface area contributed by atoms with Crippen LogP contribution >= 0.6 is 11.8 Å². The molecule has 0 spiro atoms. The molecule has 0 unspecified atom stereocenters. The zero-order valence-electron chi connectivity index (χ0n) is 16.9. The second kappa shape index (κ2) is 9.91. The van der Waals surface area contributed by atoms with E-state index in [-0.39, 0.29) is 11.6 Å². The number of imide groups is 1. The number of benzene rings is 1. The van der Waals surface area contributed by atoms with E-state index in [0.717, 1.165) is 32.1 Å². The van der Waals surface area contributed by atoms with E-state index in [2.05, 4.69) is 15.6 Å². The lowest BCUT2D eigenvalue weighted by atomic mass is 9.96. The summed E-state index contributed by atoms with van der Waals surface area (Å²) in [6, 6.07) is 6.88. The van der Waals surface area contributed by atoms with Crippen LogP contribution in [0.4, 0.5) is 4.79 Å².